The number of hydrogen-bond acceptors (Lipinski definition) is 2. The summed E-state index contributed by atoms with van der Waals surface area (Å²) in [6.45, 7) is 4.43. The van der Waals surface area contributed by atoms with Gasteiger partial charge in [0, 0.05) is 6.08 Å². The second-order valence-electron chi connectivity index (χ2n) is 6.87. The van der Waals surface area contributed by atoms with Crippen LogP contribution in [0.2, 0.25) is 0 Å². The number of hydrogen-bond donors (Lipinski definition) is 1. The van der Waals surface area contributed by atoms with Crippen LogP contribution in [0.1, 0.15) is 65.2 Å². The molecule has 0 radical (unpaired) electrons. The Kier molecular flexibility index (Phi) is 4.86. The van der Waals surface area contributed by atoms with Gasteiger partial charge < -0.3 is 5.32 Å². The number of nitrogens with one attached hydrogen (secondary N) is 1. The fourth-order valence-electron chi connectivity index (χ4n) is 3.53. The van der Waals surface area contributed by atoms with E-state index >= 15 is 0 Å². The van der Waals surface area contributed by atoms with Crippen molar-refractivity contribution in [2.45, 2.75) is 70.8 Å². The van der Waals surface area contributed by atoms with E-state index in [0.717, 1.165) is 44.4 Å². The molecule has 2 atom stereocenters. The monoisotopic (exact) mass is 274 g/mol. The molecule has 0 aromatic carbocycles. The van der Waals surface area contributed by atoms with Crippen LogP contribution in [0.15, 0.2) is 11.6 Å². The molecule has 0 spiro atoms. The first-order valence-corrected chi connectivity index (χ1v) is 7.96. The molecule has 0 heterocycles. The van der Waals surface area contributed by atoms with Crippen molar-refractivity contribution in [2.75, 3.05) is 0 Å². The Balaban J connectivity index is 1.96. The maximum absolute atomic E-state index is 12.2. The summed E-state index contributed by atoms with van der Waals surface area (Å²) in [5, 5.41) is 12.5. The van der Waals surface area contributed by atoms with Crippen molar-refractivity contribution in [3.05, 3.63) is 11.6 Å². The van der Waals surface area contributed by atoms with E-state index in [1.807, 2.05) is 0 Å². The molecule has 3 heteroatoms. The molecule has 0 aromatic rings. The van der Waals surface area contributed by atoms with Crippen molar-refractivity contribution in [1.82, 2.24) is 5.32 Å². The van der Waals surface area contributed by atoms with Crippen LogP contribution in [0.5, 0.6) is 0 Å². The summed E-state index contributed by atoms with van der Waals surface area (Å²) in [7, 11) is 0. The van der Waals surface area contributed by atoms with Gasteiger partial charge in [-0.2, -0.15) is 5.26 Å². The fraction of sp³-hybridized carbons (Fsp3) is 0.765. The van der Waals surface area contributed by atoms with Gasteiger partial charge in [-0.15, -0.1) is 0 Å². The first kappa shape index (κ1) is 15.1. The van der Waals surface area contributed by atoms with Gasteiger partial charge in [0.1, 0.15) is 5.54 Å². The van der Waals surface area contributed by atoms with E-state index in [2.05, 4.69) is 25.2 Å². The van der Waals surface area contributed by atoms with Gasteiger partial charge in [0.25, 0.3) is 0 Å². The minimum Gasteiger partial charge on any atom is -0.334 e. The first-order valence-electron chi connectivity index (χ1n) is 7.96. The molecule has 20 heavy (non-hydrogen) atoms. The van der Waals surface area contributed by atoms with Crippen LogP contribution in [0.25, 0.3) is 0 Å². The third-order valence-electron chi connectivity index (χ3n) is 4.83. The van der Waals surface area contributed by atoms with Crippen LogP contribution >= 0.6 is 0 Å². The lowest BCUT2D eigenvalue weighted by molar-refractivity contribution is -0.118. The molecule has 0 unspecified atom stereocenters. The summed E-state index contributed by atoms with van der Waals surface area (Å²) in [4.78, 5) is 12.2. The van der Waals surface area contributed by atoms with E-state index in [-0.39, 0.29) is 5.91 Å². The van der Waals surface area contributed by atoms with Gasteiger partial charge in [-0.3, -0.25) is 4.79 Å². The molecule has 0 bridgehead atoms. The van der Waals surface area contributed by atoms with Gasteiger partial charge in [0.2, 0.25) is 5.91 Å². The zero-order chi connectivity index (χ0) is 14.6. The SMILES string of the molecule is CC1CCC(=CC(=O)N[C@]2(C#N)CCC[C@H](C)C2)CC1. The van der Waals surface area contributed by atoms with Crippen molar-refractivity contribution >= 4 is 5.91 Å². The van der Waals surface area contributed by atoms with Gasteiger partial charge in [0.05, 0.1) is 6.07 Å². The topological polar surface area (TPSA) is 52.9 Å². The minimum atomic E-state index is -0.631. The molecule has 110 valence electrons. The summed E-state index contributed by atoms with van der Waals surface area (Å²) in [6.07, 6.45) is 9.95. The van der Waals surface area contributed by atoms with Crippen molar-refractivity contribution < 1.29 is 4.79 Å². The Morgan fingerprint density at radius 2 is 2.00 bits per heavy atom. The molecule has 2 saturated carbocycles. The molecule has 0 saturated heterocycles. The van der Waals surface area contributed by atoms with Crippen LogP contribution in [0.4, 0.5) is 0 Å². The lowest BCUT2D eigenvalue weighted by atomic mass is 9.77. The van der Waals surface area contributed by atoms with Gasteiger partial charge in [-0.1, -0.05) is 25.8 Å². The number of rotatable bonds is 2. The second-order valence-corrected chi connectivity index (χ2v) is 6.87. The molecule has 2 aliphatic carbocycles. The fourth-order valence-corrected chi connectivity index (χ4v) is 3.53. The van der Waals surface area contributed by atoms with Crippen molar-refractivity contribution in [3.63, 3.8) is 0 Å². The zero-order valence-electron chi connectivity index (χ0n) is 12.7. The average Bonchev–Trinajstić information content (AvgIpc) is 2.41. The highest BCUT2D eigenvalue weighted by molar-refractivity contribution is 5.89. The van der Waals surface area contributed by atoms with Crippen LogP contribution < -0.4 is 5.32 Å². The highest BCUT2D eigenvalue weighted by Crippen LogP contribution is 2.32. The van der Waals surface area contributed by atoms with E-state index in [9.17, 15) is 10.1 Å². The molecule has 2 aliphatic rings. The summed E-state index contributed by atoms with van der Waals surface area (Å²) in [6, 6.07) is 2.36. The quantitative estimate of drug-likeness (QED) is 0.780. The van der Waals surface area contributed by atoms with E-state index < -0.39 is 5.54 Å². The summed E-state index contributed by atoms with van der Waals surface area (Å²) < 4.78 is 0. The molecule has 0 aliphatic heterocycles. The lowest BCUT2D eigenvalue weighted by Crippen LogP contribution is -2.49. The minimum absolute atomic E-state index is 0.0646. The molecule has 2 fully saturated rings. The molecule has 0 aromatic heterocycles. The molecule has 3 nitrogen and oxygen atoms in total. The standard InChI is InChI=1S/C17H26N2O/c1-13-5-7-15(8-6-13)10-16(20)19-17(12-18)9-3-4-14(2)11-17/h10,13-14H,3-9,11H2,1-2H3,(H,19,20)/t13?,14-,17+/m0/s1. The predicted octanol–water partition coefficient (Wildman–Crippen LogP) is 3.71. The van der Waals surface area contributed by atoms with Gasteiger partial charge in [-0.25, -0.2) is 0 Å². The van der Waals surface area contributed by atoms with Crippen LogP contribution in [0, 0.1) is 23.2 Å². The van der Waals surface area contributed by atoms with E-state index in [1.165, 1.54) is 18.4 Å². The predicted molar refractivity (Wildman–Crippen MR) is 79.8 cm³/mol. The molecule has 2 rings (SSSR count). The van der Waals surface area contributed by atoms with Crippen LogP contribution in [-0.2, 0) is 4.79 Å². The summed E-state index contributed by atoms with van der Waals surface area (Å²) in [5.74, 6) is 1.23. The van der Waals surface area contributed by atoms with E-state index in [4.69, 9.17) is 0 Å². The Hall–Kier alpha value is -1.30. The third-order valence-corrected chi connectivity index (χ3v) is 4.83. The number of nitrogens with zero attached hydrogens (tertiary/aromatic N) is 1. The molecular formula is C17H26N2O. The smallest absolute Gasteiger partial charge is 0.245 e. The molecule has 1 amide bonds. The maximum Gasteiger partial charge on any atom is 0.245 e. The van der Waals surface area contributed by atoms with Gasteiger partial charge in [-0.05, 0) is 56.8 Å². The normalized spacial score (nSPS) is 34.1. The average molecular weight is 274 g/mol. The number of carbonyl (C=O) groups excluding carboxylic acids is 1. The zero-order valence-corrected chi connectivity index (χ0v) is 12.7. The third kappa shape index (κ3) is 3.85. The van der Waals surface area contributed by atoms with E-state index in [1.54, 1.807) is 6.08 Å². The first-order chi connectivity index (χ1) is 9.53. The highest BCUT2D eigenvalue weighted by atomic mass is 16.1. The Bertz CT molecular complexity index is 425. The Morgan fingerprint density at radius 3 is 2.60 bits per heavy atom. The lowest BCUT2D eigenvalue weighted by Gasteiger charge is -2.34. The highest BCUT2D eigenvalue weighted by Gasteiger charge is 2.36. The summed E-state index contributed by atoms with van der Waals surface area (Å²) >= 11 is 0. The van der Waals surface area contributed by atoms with Crippen LogP contribution in [-0.4, -0.2) is 11.4 Å². The van der Waals surface area contributed by atoms with E-state index in [0.29, 0.717) is 5.92 Å². The largest absolute Gasteiger partial charge is 0.334 e. The number of allylic oxidation sites excluding steroid dienone is 1. The van der Waals surface area contributed by atoms with Crippen molar-refractivity contribution in [2.24, 2.45) is 11.8 Å². The second kappa shape index (κ2) is 6.43. The maximum atomic E-state index is 12.2. The number of amides is 1. The Labute approximate surface area is 122 Å². The van der Waals surface area contributed by atoms with Gasteiger partial charge >= 0.3 is 0 Å². The number of nitriles is 1. The van der Waals surface area contributed by atoms with Gasteiger partial charge in [0.15, 0.2) is 0 Å². The van der Waals surface area contributed by atoms with Crippen LogP contribution in [0.3, 0.4) is 0 Å². The van der Waals surface area contributed by atoms with Crippen molar-refractivity contribution in [1.29, 1.82) is 5.26 Å². The molecular weight excluding hydrogens is 248 g/mol. The van der Waals surface area contributed by atoms with Crippen molar-refractivity contribution in [3.8, 4) is 6.07 Å². The number of carbonyl (C=O) groups is 1. The molecule has 1 N–H and O–H groups in total. The Morgan fingerprint density at radius 1 is 1.30 bits per heavy atom. The summed E-state index contributed by atoms with van der Waals surface area (Å²) in [5.41, 5.74) is 0.617.